The largest absolute Gasteiger partial charge is 0.437 e. The molecule has 1 N–H and O–H groups in total. The van der Waals surface area contributed by atoms with Gasteiger partial charge in [0.15, 0.2) is 0 Å². The van der Waals surface area contributed by atoms with E-state index < -0.39 is 0 Å². The maximum Gasteiger partial charge on any atom is 0.266 e. The van der Waals surface area contributed by atoms with E-state index in [1.54, 1.807) is 6.26 Å². The summed E-state index contributed by atoms with van der Waals surface area (Å²) in [5.41, 5.74) is 1.69. The van der Waals surface area contributed by atoms with Crippen molar-refractivity contribution in [3.8, 4) is 11.3 Å². The Morgan fingerprint density at radius 2 is 2.08 bits per heavy atom. The van der Waals surface area contributed by atoms with Crippen LogP contribution in [0.25, 0.3) is 11.3 Å². The van der Waals surface area contributed by atoms with Crippen molar-refractivity contribution in [1.82, 2.24) is 4.98 Å². The molecule has 2 aromatic rings. The minimum atomic E-state index is 0.356. The van der Waals surface area contributed by atoms with Gasteiger partial charge >= 0.3 is 0 Å². The molecule has 0 aliphatic heterocycles. The van der Waals surface area contributed by atoms with E-state index in [-0.39, 0.29) is 0 Å². The zero-order valence-corrected chi connectivity index (χ0v) is 8.15. The third-order valence-electron chi connectivity index (χ3n) is 1.68. The summed E-state index contributed by atoms with van der Waals surface area (Å²) in [5, 5.41) is 0.676. The number of aromatic amines is 1. The third kappa shape index (κ3) is 1.66. The van der Waals surface area contributed by atoms with Gasteiger partial charge in [-0.15, -0.1) is 0 Å². The number of halogens is 1. The number of nitrogens with one attached hydrogen (secondary N) is 1. The summed E-state index contributed by atoms with van der Waals surface area (Å²) >= 11 is 10.8. The lowest BCUT2D eigenvalue weighted by atomic mass is 10.2. The van der Waals surface area contributed by atoms with Gasteiger partial charge in [0.1, 0.15) is 6.26 Å². The molecule has 1 aromatic carbocycles. The molecular weight excluding hydrogens is 206 g/mol. The monoisotopic (exact) mass is 211 g/mol. The SMILES string of the molecule is S=c1[nH]c(-c2ccccc2Cl)co1. The Morgan fingerprint density at radius 1 is 1.31 bits per heavy atom. The van der Waals surface area contributed by atoms with Crippen molar-refractivity contribution < 1.29 is 4.42 Å². The molecule has 13 heavy (non-hydrogen) atoms. The summed E-state index contributed by atoms with van der Waals surface area (Å²) in [4.78, 5) is 3.25. The molecule has 2 rings (SSSR count). The van der Waals surface area contributed by atoms with Gasteiger partial charge in [0, 0.05) is 10.6 Å². The van der Waals surface area contributed by atoms with Gasteiger partial charge in [-0.1, -0.05) is 29.8 Å². The highest BCUT2D eigenvalue weighted by Gasteiger charge is 2.03. The number of hydrogen-bond acceptors (Lipinski definition) is 2. The van der Waals surface area contributed by atoms with Crippen LogP contribution in [0.3, 0.4) is 0 Å². The van der Waals surface area contributed by atoms with E-state index in [1.807, 2.05) is 24.3 Å². The van der Waals surface area contributed by atoms with Gasteiger partial charge in [0.05, 0.1) is 5.69 Å². The number of rotatable bonds is 1. The van der Waals surface area contributed by atoms with Crippen molar-refractivity contribution in [2.45, 2.75) is 0 Å². The van der Waals surface area contributed by atoms with E-state index in [9.17, 15) is 0 Å². The molecule has 0 fully saturated rings. The van der Waals surface area contributed by atoms with Crippen LogP contribution >= 0.6 is 23.8 Å². The number of benzene rings is 1. The molecule has 4 heteroatoms. The average molecular weight is 212 g/mol. The van der Waals surface area contributed by atoms with E-state index in [2.05, 4.69) is 4.98 Å². The van der Waals surface area contributed by atoms with Crippen LogP contribution in [0.5, 0.6) is 0 Å². The van der Waals surface area contributed by atoms with E-state index in [1.165, 1.54) is 0 Å². The maximum absolute atomic E-state index is 5.97. The Bertz CT molecular complexity index is 474. The predicted molar refractivity (Wildman–Crippen MR) is 54.3 cm³/mol. The van der Waals surface area contributed by atoms with Crippen LogP contribution in [0.2, 0.25) is 5.02 Å². The highest BCUT2D eigenvalue weighted by atomic mass is 35.5. The van der Waals surface area contributed by atoms with Crippen LogP contribution in [0.1, 0.15) is 0 Å². The Hall–Kier alpha value is -1.06. The topological polar surface area (TPSA) is 28.9 Å². The van der Waals surface area contributed by atoms with Gasteiger partial charge in [0.25, 0.3) is 4.84 Å². The normalized spacial score (nSPS) is 10.2. The lowest BCUT2D eigenvalue weighted by Crippen LogP contribution is -1.77. The fourth-order valence-corrected chi connectivity index (χ4v) is 1.49. The van der Waals surface area contributed by atoms with Crippen molar-refractivity contribution in [3.63, 3.8) is 0 Å². The van der Waals surface area contributed by atoms with Gasteiger partial charge < -0.3 is 9.40 Å². The number of H-pyrrole nitrogens is 1. The maximum atomic E-state index is 5.97. The van der Waals surface area contributed by atoms with Crippen LogP contribution in [-0.4, -0.2) is 4.98 Å². The van der Waals surface area contributed by atoms with Crippen molar-refractivity contribution in [2.75, 3.05) is 0 Å². The molecule has 0 radical (unpaired) electrons. The summed E-state index contributed by atoms with van der Waals surface area (Å²) in [6.07, 6.45) is 1.56. The van der Waals surface area contributed by atoms with Crippen LogP contribution in [-0.2, 0) is 0 Å². The summed E-state index contributed by atoms with van der Waals surface area (Å²) < 4.78 is 4.97. The fourth-order valence-electron chi connectivity index (χ4n) is 1.09. The first-order valence-corrected chi connectivity index (χ1v) is 4.49. The quantitative estimate of drug-likeness (QED) is 0.730. The molecule has 0 saturated heterocycles. The average Bonchev–Trinajstić information content (AvgIpc) is 2.53. The third-order valence-corrected chi connectivity index (χ3v) is 2.21. The second kappa shape index (κ2) is 3.36. The molecule has 0 spiro atoms. The molecule has 0 amide bonds. The minimum absolute atomic E-state index is 0.356. The highest BCUT2D eigenvalue weighted by molar-refractivity contribution is 7.71. The summed E-state index contributed by atoms with van der Waals surface area (Å²) in [6.45, 7) is 0. The fraction of sp³-hybridized carbons (Fsp3) is 0. The van der Waals surface area contributed by atoms with E-state index >= 15 is 0 Å². The molecule has 2 nitrogen and oxygen atoms in total. The number of aromatic nitrogens is 1. The van der Waals surface area contributed by atoms with Gasteiger partial charge in [-0.2, -0.15) is 0 Å². The van der Waals surface area contributed by atoms with Gasteiger partial charge in [-0.25, -0.2) is 0 Å². The molecular formula is C9H6ClNOS. The minimum Gasteiger partial charge on any atom is -0.437 e. The van der Waals surface area contributed by atoms with Gasteiger partial charge in [-0.3, -0.25) is 0 Å². The molecule has 0 aliphatic rings. The molecule has 0 unspecified atom stereocenters. The summed E-state index contributed by atoms with van der Waals surface area (Å²) in [7, 11) is 0. The lowest BCUT2D eigenvalue weighted by Gasteiger charge is -1.97. The van der Waals surface area contributed by atoms with E-state index in [0.29, 0.717) is 9.86 Å². The zero-order valence-electron chi connectivity index (χ0n) is 6.58. The molecule has 1 aromatic heterocycles. The van der Waals surface area contributed by atoms with Gasteiger partial charge in [0.2, 0.25) is 0 Å². The van der Waals surface area contributed by atoms with Crippen LogP contribution in [0.15, 0.2) is 34.9 Å². The van der Waals surface area contributed by atoms with Crippen molar-refractivity contribution >= 4 is 23.8 Å². The van der Waals surface area contributed by atoms with Crippen LogP contribution in [0.4, 0.5) is 0 Å². The molecule has 0 saturated carbocycles. The second-order valence-corrected chi connectivity index (χ2v) is 3.32. The Labute approximate surface area is 85.2 Å². The van der Waals surface area contributed by atoms with E-state index in [4.69, 9.17) is 28.2 Å². The standard InChI is InChI=1S/C9H6ClNOS/c10-7-4-2-1-3-6(7)8-5-12-9(13)11-8/h1-5H,(H,11,13). The number of oxazole rings is 1. The van der Waals surface area contributed by atoms with E-state index in [0.717, 1.165) is 11.3 Å². The van der Waals surface area contributed by atoms with Crippen LogP contribution in [0, 0.1) is 4.84 Å². The highest BCUT2D eigenvalue weighted by Crippen LogP contribution is 2.25. The molecule has 66 valence electrons. The zero-order chi connectivity index (χ0) is 9.26. The second-order valence-electron chi connectivity index (χ2n) is 2.54. The molecule has 1 heterocycles. The van der Waals surface area contributed by atoms with Crippen LogP contribution < -0.4 is 0 Å². The number of hydrogen-bond donors (Lipinski definition) is 1. The Balaban J connectivity index is 2.58. The first-order chi connectivity index (χ1) is 6.27. The molecule has 0 atom stereocenters. The first kappa shape index (κ1) is 8.53. The van der Waals surface area contributed by atoms with Crippen molar-refractivity contribution in [2.24, 2.45) is 0 Å². The van der Waals surface area contributed by atoms with Crippen molar-refractivity contribution in [3.05, 3.63) is 40.4 Å². The molecule has 0 aliphatic carbocycles. The smallest absolute Gasteiger partial charge is 0.266 e. The van der Waals surface area contributed by atoms with Crippen molar-refractivity contribution in [1.29, 1.82) is 0 Å². The summed E-state index contributed by atoms with van der Waals surface area (Å²) in [6, 6.07) is 7.50. The van der Waals surface area contributed by atoms with Gasteiger partial charge in [-0.05, 0) is 18.3 Å². The lowest BCUT2D eigenvalue weighted by molar-refractivity contribution is 0.541. The molecule has 0 bridgehead atoms. The summed E-state index contributed by atoms with van der Waals surface area (Å²) in [5.74, 6) is 0. The first-order valence-electron chi connectivity index (χ1n) is 3.70. The Kier molecular flexibility index (Phi) is 2.20. The Morgan fingerprint density at radius 3 is 2.69 bits per heavy atom. The predicted octanol–water partition coefficient (Wildman–Crippen LogP) is 3.66.